The fourth-order valence-electron chi connectivity index (χ4n) is 3.46. The molecule has 137 valence electrons. The average Bonchev–Trinajstić information content (AvgIpc) is 2.69. The van der Waals surface area contributed by atoms with Crippen LogP contribution in [0.3, 0.4) is 0 Å². The third kappa shape index (κ3) is 3.35. The highest BCUT2D eigenvalue weighted by molar-refractivity contribution is 9.10. The number of aliphatic hydroxyl groups excluding tert-OH is 1. The summed E-state index contributed by atoms with van der Waals surface area (Å²) in [5.74, 6) is 1.54. The number of halogens is 1. The van der Waals surface area contributed by atoms with Crippen molar-refractivity contribution >= 4 is 15.9 Å². The van der Waals surface area contributed by atoms with E-state index < -0.39 is 6.10 Å². The highest BCUT2D eigenvalue weighted by Crippen LogP contribution is 2.38. The largest absolute Gasteiger partial charge is 0.486 e. The van der Waals surface area contributed by atoms with Crippen LogP contribution >= 0.6 is 15.9 Å². The average molecular weight is 424 g/mol. The second kappa shape index (κ2) is 7.37. The monoisotopic (exact) mass is 423 g/mol. The number of fused-ring (bicyclic) bond motifs is 1. The molecule has 0 aliphatic carbocycles. The van der Waals surface area contributed by atoms with Crippen LogP contribution in [-0.4, -0.2) is 18.3 Å². The molecule has 1 aliphatic rings. The summed E-state index contributed by atoms with van der Waals surface area (Å²) < 4.78 is 12.2. The molecule has 1 unspecified atom stereocenters. The zero-order valence-corrected chi connectivity index (χ0v) is 16.8. The highest BCUT2D eigenvalue weighted by Gasteiger charge is 2.19. The van der Waals surface area contributed by atoms with Crippen molar-refractivity contribution in [1.82, 2.24) is 0 Å². The number of hydrogen-bond donors (Lipinski definition) is 1. The van der Waals surface area contributed by atoms with E-state index >= 15 is 0 Å². The molecule has 0 bridgehead atoms. The lowest BCUT2D eigenvalue weighted by Crippen LogP contribution is -2.15. The predicted octanol–water partition coefficient (Wildman–Crippen LogP) is 5.39. The van der Waals surface area contributed by atoms with Crippen molar-refractivity contribution in [2.24, 2.45) is 0 Å². The van der Waals surface area contributed by atoms with Crippen LogP contribution in [0.15, 0.2) is 53.0 Å². The third-order valence-corrected chi connectivity index (χ3v) is 6.02. The van der Waals surface area contributed by atoms with Gasteiger partial charge in [0.05, 0.1) is 0 Å². The molecule has 4 heteroatoms. The molecule has 1 heterocycles. The number of aliphatic hydroxyl groups is 1. The van der Waals surface area contributed by atoms with Crippen LogP contribution in [0.25, 0.3) is 11.1 Å². The van der Waals surface area contributed by atoms with Gasteiger partial charge in [0, 0.05) is 4.47 Å². The Hall–Kier alpha value is -2.30. The van der Waals surface area contributed by atoms with E-state index in [-0.39, 0.29) is 0 Å². The summed E-state index contributed by atoms with van der Waals surface area (Å²) in [7, 11) is 0. The Bertz CT molecular complexity index is 997. The molecule has 1 aliphatic heterocycles. The maximum atomic E-state index is 11.1. The van der Waals surface area contributed by atoms with E-state index in [9.17, 15) is 5.11 Å². The zero-order chi connectivity index (χ0) is 19.0. The van der Waals surface area contributed by atoms with Gasteiger partial charge in [-0.05, 0) is 65.4 Å². The summed E-state index contributed by atoms with van der Waals surface area (Å²) in [6.07, 6.45) is -0.718. The summed E-state index contributed by atoms with van der Waals surface area (Å²) in [5.41, 5.74) is 5.86. The number of benzene rings is 3. The Balaban J connectivity index is 1.76. The van der Waals surface area contributed by atoms with Crippen molar-refractivity contribution in [3.05, 3.63) is 81.3 Å². The van der Waals surface area contributed by atoms with Crippen LogP contribution in [-0.2, 0) is 0 Å². The molecule has 3 nitrogen and oxygen atoms in total. The van der Waals surface area contributed by atoms with Gasteiger partial charge in [0.2, 0.25) is 0 Å². The van der Waals surface area contributed by atoms with Crippen molar-refractivity contribution < 1.29 is 14.6 Å². The Labute approximate surface area is 167 Å². The Morgan fingerprint density at radius 1 is 1.00 bits per heavy atom. The first-order valence-electron chi connectivity index (χ1n) is 8.90. The van der Waals surface area contributed by atoms with E-state index in [1.807, 2.05) is 56.3 Å². The van der Waals surface area contributed by atoms with Crippen molar-refractivity contribution in [1.29, 1.82) is 0 Å². The Morgan fingerprint density at radius 2 is 1.78 bits per heavy atom. The quantitative estimate of drug-likeness (QED) is 0.613. The second-order valence-electron chi connectivity index (χ2n) is 6.65. The van der Waals surface area contributed by atoms with Crippen molar-refractivity contribution in [3.8, 4) is 22.6 Å². The Morgan fingerprint density at radius 3 is 2.59 bits per heavy atom. The molecule has 1 radical (unpaired) electrons. The molecular weight excluding hydrogens is 404 g/mol. The second-order valence-corrected chi connectivity index (χ2v) is 7.45. The summed E-state index contributed by atoms with van der Waals surface area (Å²) in [4.78, 5) is 0. The number of ether oxygens (including phenoxy) is 2. The molecule has 3 aromatic carbocycles. The smallest absolute Gasteiger partial charge is 0.161 e. The van der Waals surface area contributed by atoms with Crippen molar-refractivity contribution in [2.45, 2.75) is 20.0 Å². The van der Waals surface area contributed by atoms with Crippen molar-refractivity contribution in [3.63, 3.8) is 0 Å². The van der Waals surface area contributed by atoms with Gasteiger partial charge in [0.1, 0.15) is 19.3 Å². The lowest BCUT2D eigenvalue weighted by Gasteiger charge is -2.21. The molecule has 0 saturated carbocycles. The van der Waals surface area contributed by atoms with Gasteiger partial charge in [0.15, 0.2) is 11.5 Å². The van der Waals surface area contributed by atoms with E-state index in [2.05, 4.69) is 28.1 Å². The predicted molar refractivity (Wildman–Crippen MR) is 109 cm³/mol. The van der Waals surface area contributed by atoms with Gasteiger partial charge < -0.3 is 14.6 Å². The molecular formula is C23H20BrO3. The molecule has 0 aromatic heterocycles. The van der Waals surface area contributed by atoms with Crippen molar-refractivity contribution in [2.75, 3.05) is 13.2 Å². The van der Waals surface area contributed by atoms with Gasteiger partial charge >= 0.3 is 0 Å². The van der Waals surface area contributed by atoms with Crippen LogP contribution in [0.4, 0.5) is 0 Å². The standard InChI is InChI=1S/C23H20BrO3/c1-14-5-3-8-19(22(14)24)23(25)18-7-4-6-17(15(18)2)16-9-10-20-21(13-16)27-12-11-26-20/h3-4,6-10,13,23,25H,11-12H2,1-2H3. The third-order valence-electron chi connectivity index (χ3n) is 4.96. The van der Waals surface area contributed by atoms with Gasteiger partial charge in [-0.15, -0.1) is 0 Å². The van der Waals surface area contributed by atoms with Gasteiger partial charge in [-0.1, -0.05) is 52.3 Å². The number of rotatable bonds is 3. The first-order valence-corrected chi connectivity index (χ1v) is 9.70. The van der Waals surface area contributed by atoms with Gasteiger partial charge in [-0.25, -0.2) is 0 Å². The maximum Gasteiger partial charge on any atom is 0.161 e. The van der Waals surface area contributed by atoms with Crippen LogP contribution in [0.2, 0.25) is 0 Å². The van der Waals surface area contributed by atoms with E-state index in [1.165, 1.54) is 0 Å². The first-order chi connectivity index (χ1) is 13.1. The van der Waals surface area contributed by atoms with Gasteiger partial charge in [-0.2, -0.15) is 0 Å². The minimum atomic E-state index is -0.718. The SMILES string of the molecule is Cc1[c]ccc(C(O)c2cccc(-c3ccc4c(c3)OCCO4)c2C)c1Br. The Kier molecular flexibility index (Phi) is 4.94. The molecule has 1 atom stereocenters. The number of hydrogen-bond acceptors (Lipinski definition) is 3. The lowest BCUT2D eigenvalue weighted by atomic mass is 9.91. The van der Waals surface area contributed by atoms with Crippen LogP contribution in [0.1, 0.15) is 28.4 Å². The summed E-state index contributed by atoms with van der Waals surface area (Å²) in [6, 6.07) is 18.9. The lowest BCUT2D eigenvalue weighted by molar-refractivity contribution is 0.171. The zero-order valence-electron chi connectivity index (χ0n) is 15.3. The topological polar surface area (TPSA) is 38.7 Å². The summed E-state index contributed by atoms with van der Waals surface area (Å²) in [5, 5.41) is 11.1. The molecule has 3 aromatic rings. The fraction of sp³-hybridized carbons (Fsp3) is 0.217. The summed E-state index contributed by atoms with van der Waals surface area (Å²) >= 11 is 3.59. The molecule has 1 N–H and O–H groups in total. The minimum absolute atomic E-state index is 0.562. The van der Waals surface area contributed by atoms with E-state index in [1.54, 1.807) is 0 Å². The van der Waals surface area contributed by atoms with E-state index in [0.29, 0.717) is 13.2 Å². The molecule has 27 heavy (non-hydrogen) atoms. The van der Waals surface area contributed by atoms with E-state index in [4.69, 9.17) is 9.47 Å². The molecule has 0 spiro atoms. The first kappa shape index (κ1) is 18.1. The normalized spacial score (nSPS) is 14.1. The van der Waals surface area contributed by atoms with E-state index in [0.717, 1.165) is 49.4 Å². The van der Waals surface area contributed by atoms with Gasteiger partial charge in [-0.3, -0.25) is 0 Å². The van der Waals surface area contributed by atoms with Crippen LogP contribution in [0.5, 0.6) is 11.5 Å². The molecule has 0 saturated heterocycles. The maximum absolute atomic E-state index is 11.1. The minimum Gasteiger partial charge on any atom is -0.486 e. The highest BCUT2D eigenvalue weighted by atomic mass is 79.9. The van der Waals surface area contributed by atoms with Gasteiger partial charge in [0.25, 0.3) is 0 Å². The molecule has 0 amide bonds. The fourth-order valence-corrected chi connectivity index (χ4v) is 3.93. The molecule has 0 fully saturated rings. The van der Waals surface area contributed by atoms with Crippen LogP contribution < -0.4 is 9.47 Å². The molecule has 4 rings (SSSR count). The summed E-state index contributed by atoms with van der Waals surface area (Å²) in [6.45, 7) is 5.15. The number of aryl methyl sites for hydroxylation is 1. The van der Waals surface area contributed by atoms with Crippen LogP contribution in [0, 0.1) is 19.9 Å².